The lowest BCUT2D eigenvalue weighted by Crippen LogP contribution is -2.48. The molecule has 2 fully saturated rings. The van der Waals surface area contributed by atoms with Crippen molar-refractivity contribution in [1.82, 2.24) is 4.90 Å². The second kappa shape index (κ2) is 5.23. The molecule has 5 nitrogen and oxygen atoms in total. The Morgan fingerprint density at radius 3 is 2.94 bits per heavy atom. The first kappa shape index (κ1) is 12.6. The van der Waals surface area contributed by atoms with Crippen molar-refractivity contribution in [3.8, 4) is 0 Å². The molecule has 3 N–H and O–H groups in total. The lowest BCUT2D eigenvalue weighted by molar-refractivity contribution is -0.0379. The molecule has 1 aliphatic heterocycles. The van der Waals surface area contributed by atoms with Gasteiger partial charge < -0.3 is 20.5 Å². The molecule has 0 bridgehead atoms. The molecule has 1 unspecified atom stereocenters. The molecule has 0 spiro atoms. The third-order valence-electron chi connectivity index (χ3n) is 3.70. The zero-order valence-electron chi connectivity index (χ0n) is 10.6. The van der Waals surface area contributed by atoms with Gasteiger partial charge in [0.2, 0.25) is 0 Å². The summed E-state index contributed by atoms with van der Waals surface area (Å²) in [5.41, 5.74) is 5.48. The molecule has 0 aromatic rings. The molecule has 0 radical (unpaired) electrons. The van der Waals surface area contributed by atoms with Gasteiger partial charge in [-0.2, -0.15) is 0 Å². The van der Waals surface area contributed by atoms with Crippen molar-refractivity contribution in [2.75, 3.05) is 26.2 Å². The fraction of sp³-hybridized carbons (Fsp3) is 0.917. The molecular formula is C12H23N3O2. The zero-order valence-corrected chi connectivity index (χ0v) is 10.6. The normalized spacial score (nSPS) is 28.9. The lowest BCUT2D eigenvalue weighted by atomic mass is 9.78. The van der Waals surface area contributed by atoms with E-state index in [1.165, 1.54) is 0 Å². The Labute approximate surface area is 103 Å². The van der Waals surface area contributed by atoms with Crippen molar-refractivity contribution in [1.29, 1.82) is 0 Å². The highest BCUT2D eigenvalue weighted by Gasteiger charge is 2.33. The highest BCUT2D eigenvalue weighted by Crippen LogP contribution is 2.34. The van der Waals surface area contributed by atoms with E-state index >= 15 is 0 Å². The Bertz CT molecular complexity index is 289. The Hall–Kier alpha value is -0.810. The van der Waals surface area contributed by atoms with Crippen molar-refractivity contribution >= 4 is 5.96 Å². The van der Waals surface area contributed by atoms with Gasteiger partial charge in [-0.25, -0.2) is 0 Å². The van der Waals surface area contributed by atoms with Crippen LogP contribution in [0.4, 0.5) is 0 Å². The number of hydrogen-bond donors (Lipinski definition) is 2. The number of morpholine rings is 1. The van der Waals surface area contributed by atoms with Gasteiger partial charge >= 0.3 is 0 Å². The van der Waals surface area contributed by atoms with E-state index in [1.54, 1.807) is 0 Å². The number of aliphatic hydroxyl groups is 1. The van der Waals surface area contributed by atoms with Crippen LogP contribution in [0.3, 0.4) is 0 Å². The number of ether oxygens (including phenoxy) is 1. The summed E-state index contributed by atoms with van der Waals surface area (Å²) in [6.45, 7) is 4.98. The standard InChI is InChI=1S/C12H23N3O2/c1-10-9-15(7-8-17-10)11(13)14-6-5-12(16)3-2-4-12/h10,16H,2-9H2,1H3,(H2,13,14). The number of rotatable bonds is 3. The highest BCUT2D eigenvalue weighted by molar-refractivity contribution is 5.78. The van der Waals surface area contributed by atoms with Crippen LogP contribution in [0.25, 0.3) is 0 Å². The first-order chi connectivity index (χ1) is 8.09. The van der Waals surface area contributed by atoms with Crippen LogP contribution < -0.4 is 5.73 Å². The SMILES string of the molecule is CC1CN(C(N)=NCCC2(O)CCC2)CCO1. The third-order valence-corrected chi connectivity index (χ3v) is 3.70. The summed E-state index contributed by atoms with van der Waals surface area (Å²) < 4.78 is 5.45. The van der Waals surface area contributed by atoms with E-state index in [0.717, 1.165) is 38.8 Å². The summed E-state index contributed by atoms with van der Waals surface area (Å²) in [6.07, 6.45) is 3.91. The predicted octanol–water partition coefficient (Wildman–Crippen LogP) is 0.327. The smallest absolute Gasteiger partial charge is 0.191 e. The van der Waals surface area contributed by atoms with Crippen molar-refractivity contribution in [2.24, 2.45) is 10.7 Å². The van der Waals surface area contributed by atoms with E-state index in [1.807, 2.05) is 6.92 Å². The van der Waals surface area contributed by atoms with E-state index in [0.29, 0.717) is 19.1 Å². The van der Waals surface area contributed by atoms with Gasteiger partial charge in [-0.05, 0) is 32.6 Å². The molecule has 1 atom stereocenters. The highest BCUT2D eigenvalue weighted by atomic mass is 16.5. The van der Waals surface area contributed by atoms with Crippen LogP contribution >= 0.6 is 0 Å². The van der Waals surface area contributed by atoms with E-state index in [9.17, 15) is 5.11 Å². The molecule has 1 saturated carbocycles. The zero-order chi connectivity index (χ0) is 12.3. The van der Waals surface area contributed by atoms with Gasteiger partial charge in [0.25, 0.3) is 0 Å². The predicted molar refractivity (Wildman–Crippen MR) is 66.9 cm³/mol. The minimum absolute atomic E-state index is 0.216. The fourth-order valence-electron chi connectivity index (χ4n) is 2.34. The molecule has 2 rings (SSSR count). The lowest BCUT2D eigenvalue weighted by Gasteiger charge is -2.36. The summed E-state index contributed by atoms with van der Waals surface area (Å²) in [7, 11) is 0. The van der Waals surface area contributed by atoms with Gasteiger partial charge in [-0.15, -0.1) is 0 Å². The van der Waals surface area contributed by atoms with Crippen LogP contribution in [0.2, 0.25) is 0 Å². The van der Waals surface area contributed by atoms with Crippen LogP contribution in [-0.2, 0) is 4.74 Å². The molecule has 2 aliphatic rings. The molecule has 0 aromatic heterocycles. The molecule has 17 heavy (non-hydrogen) atoms. The maximum Gasteiger partial charge on any atom is 0.191 e. The van der Waals surface area contributed by atoms with E-state index in [4.69, 9.17) is 10.5 Å². The van der Waals surface area contributed by atoms with E-state index in [-0.39, 0.29) is 6.10 Å². The first-order valence-corrected chi connectivity index (χ1v) is 6.48. The Morgan fingerprint density at radius 2 is 2.35 bits per heavy atom. The Balaban J connectivity index is 1.76. The largest absolute Gasteiger partial charge is 0.390 e. The van der Waals surface area contributed by atoms with E-state index < -0.39 is 5.60 Å². The number of guanidine groups is 1. The van der Waals surface area contributed by atoms with Crippen molar-refractivity contribution in [3.05, 3.63) is 0 Å². The molecule has 5 heteroatoms. The summed E-state index contributed by atoms with van der Waals surface area (Å²) in [4.78, 5) is 6.41. The quantitative estimate of drug-likeness (QED) is 0.551. The molecule has 98 valence electrons. The van der Waals surface area contributed by atoms with Crippen LogP contribution in [0, 0.1) is 0 Å². The molecule has 1 saturated heterocycles. The summed E-state index contributed by atoms with van der Waals surface area (Å²) >= 11 is 0. The van der Waals surface area contributed by atoms with Crippen LogP contribution in [0.5, 0.6) is 0 Å². The summed E-state index contributed by atoms with van der Waals surface area (Å²) in [5, 5.41) is 9.93. The number of nitrogens with zero attached hydrogens (tertiary/aromatic N) is 2. The molecule has 1 aliphatic carbocycles. The minimum atomic E-state index is -0.456. The second-order valence-corrected chi connectivity index (χ2v) is 5.20. The van der Waals surface area contributed by atoms with E-state index in [2.05, 4.69) is 9.89 Å². The number of hydrogen-bond acceptors (Lipinski definition) is 3. The fourth-order valence-corrected chi connectivity index (χ4v) is 2.34. The van der Waals surface area contributed by atoms with Crippen molar-refractivity contribution < 1.29 is 9.84 Å². The van der Waals surface area contributed by atoms with Gasteiger partial charge in [-0.3, -0.25) is 4.99 Å². The van der Waals surface area contributed by atoms with Gasteiger partial charge in [0.1, 0.15) is 0 Å². The Kier molecular flexibility index (Phi) is 3.89. The Morgan fingerprint density at radius 1 is 1.59 bits per heavy atom. The van der Waals surface area contributed by atoms with Gasteiger partial charge in [0.15, 0.2) is 5.96 Å². The average molecular weight is 241 g/mol. The van der Waals surface area contributed by atoms with Gasteiger partial charge in [0.05, 0.1) is 18.3 Å². The van der Waals surface area contributed by atoms with Crippen LogP contribution in [-0.4, -0.2) is 53.9 Å². The summed E-state index contributed by atoms with van der Waals surface area (Å²) in [5.74, 6) is 0.586. The first-order valence-electron chi connectivity index (χ1n) is 6.48. The minimum Gasteiger partial charge on any atom is -0.390 e. The van der Waals surface area contributed by atoms with Crippen molar-refractivity contribution in [3.63, 3.8) is 0 Å². The number of nitrogens with two attached hydrogens (primary N) is 1. The maximum atomic E-state index is 9.93. The van der Waals surface area contributed by atoms with Crippen molar-refractivity contribution in [2.45, 2.75) is 44.3 Å². The third kappa shape index (κ3) is 3.33. The van der Waals surface area contributed by atoms with Crippen LogP contribution in [0.1, 0.15) is 32.6 Å². The maximum absolute atomic E-state index is 9.93. The van der Waals surface area contributed by atoms with Gasteiger partial charge in [-0.1, -0.05) is 0 Å². The monoisotopic (exact) mass is 241 g/mol. The molecule has 0 aromatic carbocycles. The number of aliphatic imine (C=N–C) groups is 1. The average Bonchev–Trinajstić information content (AvgIpc) is 2.26. The molecule has 1 heterocycles. The molecule has 0 amide bonds. The van der Waals surface area contributed by atoms with Gasteiger partial charge in [0, 0.05) is 19.6 Å². The topological polar surface area (TPSA) is 71.1 Å². The second-order valence-electron chi connectivity index (χ2n) is 5.20. The summed E-state index contributed by atoms with van der Waals surface area (Å²) in [6, 6.07) is 0. The van der Waals surface area contributed by atoms with Crippen LogP contribution in [0.15, 0.2) is 4.99 Å². The molecular weight excluding hydrogens is 218 g/mol.